The summed E-state index contributed by atoms with van der Waals surface area (Å²) >= 11 is 0. The molecular formula is C23H26FN3O3. The van der Waals surface area contributed by atoms with E-state index in [2.05, 4.69) is 5.32 Å². The minimum atomic E-state index is -0.609. The fourth-order valence-corrected chi connectivity index (χ4v) is 3.91. The molecule has 2 unspecified atom stereocenters. The summed E-state index contributed by atoms with van der Waals surface area (Å²) in [6.07, 6.45) is 1.18. The number of nitrogens with zero attached hydrogens (tertiary/aromatic N) is 1. The lowest BCUT2D eigenvalue weighted by molar-refractivity contribution is -0.133. The SMILES string of the molecule is CC(=O)N1CCc2ccccc2C1CC(=O)NCC(Cc1ccc(F)cc1)C(N)=O. The highest BCUT2D eigenvalue weighted by atomic mass is 19.1. The highest BCUT2D eigenvalue weighted by molar-refractivity contribution is 5.81. The molecule has 158 valence electrons. The first-order chi connectivity index (χ1) is 14.3. The third-order valence-electron chi connectivity index (χ3n) is 5.54. The fraction of sp³-hybridized carbons (Fsp3) is 0.348. The number of nitrogens with two attached hydrogens (primary N) is 1. The molecule has 0 bridgehead atoms. The summed E-state index contributed by atoms with van der Waals surface area (Å²) in [5.41, 5.74) is 8.37. The molecule has 3 amide bonds. The largest absolute Gasteiger partial charge is 0.369 e. The molecular weight excluding hydrogens is 385 g/mol. The second-order valence-electron chi connectivity index (χ2n) is 7.62. The number of nitrogens with one attached hydrogen (secondary N) is 1. The van der Waals surface area contributed by atoms with Crippen molar-refractivity contribution in [2.45, 2.75) is 32.2 Å². The van der Waals surface area contributed by atoms with Crippen molar-refractivity contribution in [2.24, 2.45) is 11.7 Å². The van der Waals surface area contributed by atoms with Gasteiger partial charge in [-0.25, -0.2) is 4.39 Å². The zero-order valence-corrected chi connectivity index (χ0v) is 16.9. The van der Waals surface area contributed by atoms with Crippen molar-refractivity contribution >= 4 is 17.7 Å². The van der Waals surface area contributed by atoms with E-state index in [0.29, 0.717) is 13.0 Å². The van der Waals surface area contributed by atoms with E-state index in [9.17, 15) is 18.8 Å². The molecule has 0 fully saturated rings. The lowest BCUT2D eigenvalue weighted by Crippen LogP contribution is -2.42. The van der Waals surface area contributed by atoms with Crippen LogP contribution in [0.1, 0.15) is 36.1 Å². The normalized spacial score (nSPS) is 16.5. The maximum absolute atomic E-state index is 13.1. The Morgan fingerprint density at radius 2 is 1.87 bits per heavy atom. The predicted octanol–water partition coefficient (Wildman–Crippen LogP) is 2.12. The molecule has 0 radical (unpaired) electrons. The molecule has 2 atom stereocenters. The van der Waals surface area contributed by atoms with Gasteiger partial charge in [-0.2, -0.15) is 0 Å². The lowest BCUT2D eigenvalue weighted by Gasteiger charge is -2.36. The monoisotopic (exact) mass is 411 g/mol. The molecule has 3 rings (SSSR count). The minimum absolute atomic E-state index is 0.0753. The molecule has 30 heavy (non-hydrogen) atoms. The van der Waals surface area contributed by atoms with E-state index < -0.39 is 11.8 Å². The topological polar surface area (TPSA) is 92.5 Å². The van der Waals surface area contributed by atoms with Gasteiger partial charge in [-0.3, -0.25) is 14.4 Å². The van der Waals surface area contributed by atoms with Gasteiger partial charge in [-0.1, -0.05) is 36.4 Å². The number of amides is 3. The second-order valence-corrected chi connectivity index (χ2v) is 7.62. The number of hydrogen-bond donors (Lipinski definition) is 2. The van der Waals surface area contributed by atoms with Crippen LogP contribution in [0.2, 0.25) is 0 Å². The van der Waals surface area contributed by atoms with Crippen molar-refractivity contribution in [3.63, 3.8) is 0 Å². The van der Waals surface area contributed by atoms with Crippen molar-refractivity contribution in [3.8, 4) is 0 Å². The van der Waals surface area contributed by atoms with Crippen molar-refractivity contribution in [3.05, 3.63) is 71.0 Å². The molecule has 7 heteroatoms. The van der Waals surface area contributed by atoms with E-state index in [4.69, 9.17) is 5.73 Å². The van der Waals surface area contributed by atoms with Crippen LogP contribution in [0.4, 0.5) is 4.39 Å². The molecule has 1 aliphatic heterocycles. The van der Waals surface area contributed by atoms with E-state index in [1.165, 1.54) is 19.1 Å². The van der Waals surface area contributed by atoms with Gasteiger partial charge in [0, 0.05) is 20.0 Å². The van der Waals surface area contributed by atoms with Crippen LogP contribution in [0.25, 0.3) is 0 Å². The molecule has 0 saturated heterocycles. The van der Waals surface area contributed by atoms with E-state index in [1.54, 1.807) is 17.0 Å². The molecule has 1 heterocycles. The van der Waals surface area contributed by atoms with Gasteiger partial charge < -0.3 is 16.0 Å². The number of hydrogen-bond acceptors (Lipinski definition) is 3. The zero-order chi connectivity index (χ0) is 21.7. The quantitative estimate of drug-likeness (QED) is 0.731. The van der Waals surface area contributed by atoms with Crippen LogP contribution in [-0.2, 0) is 27.2 Å². The first kappa shape index (κ1) is 21.5. The molecule has 0 aromatic heterocycles. The smallest absolute Gasteiger partial charge is 0.222 e. The summed E-state index contributed by atoms with van der Waals surface area (Å²) in [6.45, 7) is 2.16. The highest BCUT2D eigenvalue weighted by Crippen LogP contribution is 2.32. The number of fused-ring (bicyclic) bond motifs is 1. The van der Waals surface area contributed by atoms with Gasteiger partial charge in [0.25, 0.3) is 0 Å². The Labute approximate surface area is 175 Å². The first-order valence-electron chi connectivity index (χ1n) is 10.0. The Balaban J connectivity index is 1.65. The molecule has 3 N–H and O–H groups in total. The third kappa shape index (κ3) is 5.23. The molecule has 2 aromatic rings. The van der Waals surface area contributed by atoms with Gasteiger partial charge in [0.15, 0.2) is 0 Å². The Kier molecular flexibility index (Phi) is 6.82. The van der Waals surface area contributed by atoms with E-state index >= 15 is 0 Å². The molecule has 0 spiro atoms. The number of primary amides is 1. The first-order valence-corrected chi connectivity index (χ1v) is 10.0. The van der Waals surface area contributed by atoms with Crippen LogP contribution in [0.15, 0.2) is 48.5 Å². The molecule has 6 nitrogen and oxygen atoms in total. The molecule has 1 aliphatic rings. The summed E-state index contributed by atoms with van der Waals surface area (Å²) in [7, 11) is 0. The van der Waals surface area contributed by atoms with Gasteiger partial charge in [0.1, 0.15) is 5.82 Å². The summed E-state index contributed by atoms with van der Waals surface area (Å²) in [6, 6.07) is 13.3. The molecule has 0 aliphatic carbocycles. The van der Waals surface area contributed by atoms with Crippen molar-refractivity contribution in [1.82, 2.24) is 10.2 Å². The summed E-state index contributed by atoms with van der Waals surface area (Å²) in [4.78, 5) is 38.3. The maximum atomic E-state index is 13.1. The number of halogens is 1. The van der Waals surface area contributed by atoms with Crippen molar-refractivity contribution < 1.29 is 18.8 Å². The van der Waals surface area contributed by atoms with E-state index in [-0.39, 0.29) is 36.6 Å². The van der Waals surface area contributed by atoms with Crippen molar-refractivity contribution in [2.75, 3.05) is 13.1 Å². The van der Waals surface area contributed by atoms with Crippen LogP contribution in [0.5, 0.6) is 0 Å². The second kappa shape index (κ2) is 9.52. The average molecular weight is 411 g/mol. The summed E-state index contributed by atoms with van der Waals surface area (Å²) in [5.74, 6) is -1.83. The Hall–Kier alpha value is -3.22. The van der Waals surface area contributed by atoms with Gasteiger partial charge in [-0.05, 0) is 41.7 Å². The van der Waals surface area contributed by atoms with Crippen LogP contribution in [-0.4, -0.2) is 35.7 Å². The average Bonchev–Trinajstić information content (AvgIpc) is 2.72. The lowest BCUT2D eigenvalue weighted by atomic mass is 9.90. The molecule has 0 saturated carbocycles. The highest BCUT2D eigenvalue weighted by Gasteiger charge is 2.30. The van der Waals surface area contributed by atoms with Gasteiger partial charge in [0.05, 0.1) is 18.4 Å². The van der Waals surface area contributed by atoms with Crippen LogP contribution in [0, 0.1) is 11.7 Å². The van der Waals surface area contributed by atoms with Gasteiger partial charge in [0.2, 0.25) is 17.7 Å². The summed E-state index contributed by atoms with van der Waals surface area (Å²) < 4.78 is 13.1. The Morgan fingerprint density at radius 1 is 1.17 bits per heavy atom. The minimum Gasteiger partial charge on any atom is -0.369 e. The van der Waals surface area contributed by atoms with E-state index in [1.807, 2.05) is 24.3 Å². The van der Waals surface area contributed by atoms with E-state index in [0.717, 1.165) is 23.1 Å². The van der Waals surface area contributed by atoms with Gasteiger partial charge in [-0.15, -0.1) is 0 Å². The Bertz CT molecular complexity index is 930. The van der Waals surface area contributed by atoms with Gasteiger partial charge >= 0.3 is 0 Å². The number of carbonyl (C=O) groups excluding carboxylic acids is 3. The predicted molar refractivity (Wildman–Crippen MR) is 111 cm³/mol. The third-order valence-corrected chi connectivity index (χ3v) is 5.54. The maximum Gasteiger partial charge on any atom is 0.222 e. The van der Waals surface area contributed by atoms with Crippen LogP contribution in [0.3, 0.4) is 0 Å². The number of benzene rings is 2. The standard InChI is InChI=1S/C23H26FN3O3/c1-15(28)27-11-10-17-4-2-3-5-20(17)21(27)13-22(29)26-14-18(23(25)30)12-16-6-8-19(24)9-7-16/h2-9,18,21H,10-14H2,1H3,(H2,25,30)(H,26,29). The fourth-order valence-electron chi connectivity index (χ4n) is 3.91. The molecule has 2 aromatic carbocycles. The summed E-state index contributed by atoms with van der Waals surface area (Å²) in [5, 5.41) is 2.78. The Morgan fingerprint density at radius 3 is 2.53 bits per heavy atom. The van der Waals surface area contributed by atoms with Crippen molar-refractivity contribution in [1.29, 1.82) is 0 Å². The number of carbonyl (C=O) groups is 3. The number of rotatable bonds is 7. The van der Waals surface area contributed by atoms with Crippen LogP contribution < -0.4 is 11.1 Å². The zero-order valence-electron chi connectivity index (χ0n) is 16.9. The van der Waals surface area contributed by atoms with Crippen LogP contribution >= 0.6 is 0 Å².